The molecule has 1 aromatic carbocycles. The number of aryl methyl sites for hydroxylation is 1. The Balaban J connectivity index is 1.74. The number of benzene rings is 1. The number of alkyl halides is 3. The van der Waals surface area contributed by atoms with E-state index in [4.69, 9.17) is 0 Å². The van der Waals surface area contributed by atoms with Gasteiger partial charge in [-0.25, -0.2) is 15.0 Å². The second-order valence-corrected chi connectivity index (χ2v) is 6.12. The highest BCUT2D eigenvalue weighted by molar-refractivity contribution is 6.02. The predicted molar refractivity (Wildman–Crippen MR) is 98.1 cm³/mol. The molecule has 10 heteroatoms. The van der Waals surface area contributed by atoms with Crippen LogP contribution >= 0.6 is 0 Å². The topological polar surface area (TPSA) is 85.1 Å². The first-order valence-corrected chi connectivity index (χ1v) is 8.45. The van der Waals surface area contributed by atoms with Crippen LogP contribution in [-0.4, -0.2) is 30.5 Å². The van der Waals surface area contributed by atoms with E-state index in [-0.39, 0.29) is 22.8 Å². The molecule has 0 aliphatic heterocycles. The summed E-state index contributed by atoms with van der Waals surface area (Å²) in [6.45, 7) is 1.65. The van der Waals surface area contributed by atoms with Gasteiger partial charge in [0.25, 0.3) is 5.91 Å². The first kappa shape index (κ1) is 18.5. The highest BCUT2D eigenvalue weighted by Crippen LogP contribution is 2.36. The normalized spacial score (nSPS) is 11.6. The molecule has 3 aromatic heterocycles. The lowest BCUT2D eigenvalue weighted by molar-refractivity contribution is -0.137. The first-order chi connectivity index (χ1) is 13.8. The lowest BCUT2D eigenvalue weighted by atomic mass is 10.0. The Hall–Kier alpha value is -3.82. The maximum absolute atomic E-state index is 13.3. The standard InChI is InChI=1S/C19H13F3N6O/c1-11-23-9-8-15(25-11)18(29)26-17-10-24-16-7-6-14(27-28(16)17)12-4-2-3-5-13(12)19(20,21)22/h2-10H,1H3,(H,26,29). The van der Waals surface area contributed by atoms with Crippen LogP contribution in [0.1, 0.15) is 21.9 Å². The third kappa shape index (κ3) is 3.64. The Labute approximate surface area is 162 Å². The monoisotopic (exact) mass is 398 g/mol. The number of anilines is 1. The molecule has 7 nitrogen and oxygen atoms in total. The largest absolute Gasteiger partial charge is 0.417 e. The maximum Gasteiger partial charge on any atom is 0.417 e. The van der Waals surface area contributed by atoms with Crippen molar-refractivity contribution in [3.05, 3.63) is 71.9 Å². The summed E-state index contributed by atoms with van der Waals surface area (Å²) in [7, 11) is 0. The highest BCUT2D eigenvalue weighted by atomic mass is 19.4. The van der Waals surface area contributed by atoms with Crippen molar-refractivity contribution in [2.24, 2.45) is 0 Å². The molecular weight excluding hydrogens is 385 g/mol. The van der Waals surface area contributed by atoms with Crippen LogP contribution in [0.2, 0.25) is 0 Å². The minimum atomic E-state index is -4.52. The molecule has 0 saturated heterocycles. The molecule has 1 N–H and O–H groups in total. The van der Waals surface area contributed by atoms with E-state index >= 15 is 0 Å². The van der Waals surface area contributed by atoms with Crippen LogP contribution < -0.4 is 5.32 Å². The number of aromatic nitrogens is 5. The highest BCUT2D eigenvalue weighted by Gasteiger charge is 2.33. The van der Waals surface area contributed by atoms with E-state index in [1.54, 1.807) is 6.92 Å². The number of nitrogens with one attached hydrogen (secondary N) is 1. The van der Waals surface area contributed by atoms with Crippen LogP contribution in [0.5, 0.6) is 0 Å². The van der Waals surface area contributed by atoms with E-state index in [1.807, 2.05) is 0 Å². The fourth-order valence-corrected chi connectivity index (χ4v) is 2.82. The van der Waals surface area contributed by atoms with E-state index < -0.39 is 17.6 Å². The minimum Gasteiger partial charge on any atom is -0.304 e. The molecule has 1 amide bonds. The maximum atomic E-state index is 13.3. The number of imidazole rings is 1. The molecule has 3 heterocycles. The summed E-state index contributed by atoms with van der Waals surface area (Å²) in [5, 5.41) is 6.87. The van der Waals surface area contributed by atoms with Gasteiger partial charge in [0, 0.05) is 11.8 Å². The number of halogens is 3. The van der Waals surface area contributed by atoms with Crippen LogP contribution in [0.3, 0.4) is 0 Å². The molecule has 4 aromatic rings. The van der Waals surface area contributed by atoms with Gasteiger partial charge in [0.05, 0.1) is 17.5 Å². The van der Waals surface area contributed by atoms with E-state index in [0.717, 1.165) is 6.07 Å². The summed E-state index contributed by atoms with van der Waals surface area (Å²) in [5.41, 5.74) is -0.261. The molecule has 0 atom stereocenters. The van der Waals surface area contributed by atoms with Crippen LogP contribution in [-0.2, 0) is 6.18 Å². The number of carbonyl (C=O) groups excluding carboxylic acids is 1. The lowest BCUT2D eigenvalue weighted by Gasteiger charge is -2.12. The van der Waals surface area contributed by atoms with Crippen molar-refractivity contribution in [3.8, 4) is 11.3 Å². The second kappa shape index (κ2) is 6.97. The van der Waals surface area contributed by atoms with Crippen LogP contribution in [0.15, 0.2) is 54.9 Å². The van der Waals surface area contributed by atoms with E-state index in [1.165, 1.54) is 53.3 Å². The molecule has 0 aliphatic rings. The Kier molecular flexibility index (Phi) is 4.45. The summed E-state index contributed by atoms with van der Waals surface area (Å²) in [6, 6.07) is 9.59. The van der Waals surface area contributed by atoms with Crippen molar-refractivity contribution in [2.45, 2.75) is 13.1 Å². The Morgan fingerprint density at radius 2 is 1.86 bits per heavy atom. The minimum absolute atomic E-state index is 0.0701. The van der Waals surface area contributed by atoms with Gasteiger partial charge in [-0.3, -0.25) is 4.79 Å². The van der Waals surface area contributed by atoms with E-state index in [0.29, 0.717) is 11.5 Å². The van der Waals surface area contributed by atoms with Gasteiger partial charge < -0.3 is 5.32 Å². The molecule has 0 unspecified atom stereocenters. The zero-order valence-electron chi connectivity index (χ0n) is 15.0. The molecule has 146 valence electrons. The molecule has 0 saturated carbocycles. The third-order valence-electron chi connectivity index (χ3n) is 4.12. The second-order valence-electron chi connectivity index (χ2n) is 6.12. The average Bonchev–Trinajstić information content (AvgIpc) is 3.09. The van der Waals surface area contributed by atoms with Crippen LogP contribution in [0, 0.1) is 6.92 Å². The van der Waals surface area contributed by atoms with Crippen molar-refractivity contribution in [3.63, 3.8) is 0 Å². The number of hydrogen-bond donors (Lipinski definition) is 1. The predicted octanol–water partition coefficient (Wildman–Crippen LogP) is 3.77. The molecule has 0 spiro atoms. The summed E-state index contributed by atoms with van der Waals surface area (Å²) >= 11 is 0. The molecular formula is C19H13F3N6O. The fourth-order valence-electron chi connectivity index (χ4n) is 2.82. The number of carbonyl (C=O) groups is 1. The van der Waals surface area contributed by atoms with E-state index in [9.17, 15) is 18.0 Å². The third-order valence-corrected chi connectivity index (χ3v) is 4.12. The molecule has 4 rings (SSSR count). The van der Waals surface area contributed by atoms with Gasteiger partial charge in [0.2, 0.25) is 0 Å². The lowest BCUT2D eigenvalue weighted by Crippen LogP contribution is -2.16. The zero-order chi connectivity index (χ0) is 20.6. The summed E-state index contributed by atoms with van der Waals surface area (Å²) < 4.78 is 41.3. The number of fused-ring (bicyclic) bond motifs is 1. The van der Waals surface area contributed by atoms with Gasteiger partial charge in [-0.15, -0.1) is 0 Å². The summed E-state index contributed by atoms with van der Waals surface area (Å²) in [5.74, 6) is 0.118. The molecule has 0 radical (unpaired) electrons. The fraction of sp³-hybridized carbons (Fsp3) is 0.105. The number of amides is 1. The smallest absolute Gasteiger partial charge is 0.304 e. The number of nitrogens with zero attached hydrogens (tertiary/aromatic N) is 5. The van der Waals surface area contributed by atoms with Crippen molar-refractivity contribution in [2.75, 3.05) is 5.32 Å². The Morgan fingerprint density at radius 1 is 1.07 bits per heavy atom. The van der Waals surface area contributed by atoms with Gasteiger partial charge >= 0.3 is 6.18 Å². The Morgan fingerprint density at radius 3 is 2.62 bits per heavy atom. The molecule has 0 fully saturated rings. The van der Waals surface area contributed by atoms with Crippen molar-refractivity contribution in [1.29, 1.82) is 0 Å². The van der Waals surface area contributed by atoms with Gasteiger partial charge in [-0.05, 0) is 31.2 Å². The molecule has 0 aliphatic carbocycles. The van der Waals surface area contributed by atoms with Crippen LogP contribution in [0.4, 0.5) is 19.0 Å². The van der Waals surface area contributed by atoms with Gasteiger partial charge in [-0.2, -0.15) is 22.8 Å². The SMILES string of the molecule is Cc1nccc(C(=O)Nc2cnc3ccc(-c4ccccc4C(F)(F)F)nn23)n1. The summed E-state index contributed by atoms with van der Waals surface area (Å²) in [4.78, 5) is 24.5. The molecule has 29 heavy (non-hydrogen) atoms. The number of rotatable bonds is 3. The van der Waals surface area contributed by atoms with Crippen molar-refractivity contribution in [1.82, 2.24) is 24.6 Å². The van der Waals surface area contributed by atoms with Crippen molar-refractivity contribution >= 4 is 17.4 Å². The Bertz CT molecular complexity index is 1220. The first-order valence-electron chi connectivity index (χ1n) is 8.45. The van der Waals surface area contributed by atoms with E-state index in [2.05, 4.69) is 25.4 Å². The zero-order valence-corrected chi connectivity index (χ0v) is 15.0. The summed E-state index contributed by atoms with van der Waals surface area (Å²) in [6.07, 6.45) is -1.70. The van der Waals surface area contributed by atoms with Crippen LogP contribution in [0.25, 0.3) is 16.9 Å². The average molecular weight is 398 g/mol. The quantitative estimate of drug-likeness (QED) is 0.568. The van der Waals surface area contributed by atoms with Gasteiger partial charge in [0.15, 0.2) is 11.5 Å². The molecule has 0 bridgehead atoms. The van der Waals surface area contributed by atoms with Crippen molar-refractivity contribution < 1.29 is 18.0 Å². The van der Waals surface area contributed by atoms with Gasteiger partial charge in [0.1, 0.15) is 11.5 Å². The van der Waals surface area contributed by atoms with Gasteiger partial charge in [-0.1, -0.05) is 18.2 Å². The number of hydrogen-bond acceptors (Lipinski definition) is 5.